The topological polar surface area (TPSA) is 84.9 Å². The minimum Gasteiger partial charge on any atom is -0.490 e. The Morgan fingerprint density at radius 3 is 2.61 bits per heavy atom. The van der Waals surface area contributed by atoms with Gasteiger partial charge < -0.3 is 14.8 Å². The van der Waals surface area contributed by atoms with Crippen molar-refractivity contribution in [2.24, 2.45) is 0 Å². The van der Waals surface area contributed by atoms with E-state index in [1.807, 2.05) is 25.1 Å². The lowest BCUT2D eigenvalue weighted by Crippen LogP contribution is -2.38. The fourth-order valence-electron chi connectivity index (χ4n) is 2.14. The molecule has 0 unspecified atom stereocenters. The number of rotatable bonds is 5. The van der Waals surface area contributed by atoms with Gasteiger partial charge in [-0.2, -0.15) is 4.31 Å². The first kappa shape index (κ1) is 17.6. The van der Waals surface area contributed by atoms with E-state index in [9.17, 15) is 13.2 Å². The van der Waals surface area contributed by atoms with E-state index in [1.165, 1.54) is 7.05 Å². The maximum Gasteiger partial charge on any atom is 0.235 e. The molecule has 0 aromatic heterocycles. The Kier molecular flexibility index (Phi) is 5.48. The van der Waals surface area contributed by atoms with Crippen LogP contribution in [0.1, 0.15) is 24.9 Å². The van der Waals surface area contributed by atoms with E-state index in [-0.39, 0.29) is 18.5 Å². The zero-order valence-electron chi connectivity index (χ0n) is 13.5. The number of ether oxygens (including phenoxy) is 2. The molecule has 0 saturated heterocycles. The maximum absolute atomic E-state index is 12.0. The summed E-state index contributed by atoms with van der Waals surface area (Å²) in [6.07, 6.45) is 1.89. The van der Waals surface area contributed by atoms with Gasteiger partial charge in [0, 0.05) is 13.5 Å². The van der Waals surface area contributed by atoms with Gasteiger partial charge in [0.2, 0.25) is 15.9 Å². The number of hydrogen-bond donors (Lipinski definition) is 1. The van der Waals surface area contributed by atoms with Gasteiger partial charge in [0.25, 0.3) is 0 Å². The van der Waals surface area contributed by atoms with Gasteiger partial charge in [0.1, 0.15) is 0 Å². The standard InChI is InChI=1S/C15H22N2O5S/c1-11(16-15(18)10-17(2)23(3,19)20)12-5-6-13-14(9-12)22-8-4-7-21-13/h5-6,9,11H,4,7-8,10H2,1-3H3,(H,16,18)/t11-/m1/s1. The van der Waals surface area contributed by atoms with Gasteiger partial charge >= 0.3 is 0 Å². The van der Waals surface area contributed by atoms with Gasteiger partial charge in [-0.15, -0.1) is 0 Å². The van der Waals surface area contributed by atoms with Crippen LogP contribution in [0.3, 0.4) is 0 Å². The lowest BCUT2D eigenvalue weighted by molar-refractivity contribution is -0.121. The zero-order chi connectivity index (χ0) is 17.0. The minimum atomic E-state index is -3.38. The molecule has 1 aromatic rings. The first-order valence-electron chi connectivity index (χ1n) is 7.37. The number of hydrogen-bond acceptors (Lipinski definition) is 5. The molecule has 1 aliphatic heterocycles. The second kappa shape index (κ2) is 7.18. The first-order chi connectivity index (χ1) is 10.8. The molecule has 0 bridgehead atoms. The highest BCUT2D eigenvalue weighted by molar-refractivity contribution is 7.88. The number of carbonyl (C=O) groups is 1. The molecule has 128 valence electrons. The van der Waals surface area contributed by atoms with Crippen LogP contribution in [-0.4, -0.2) is 51.7 Å². The molecule has 7 nitrogen and oxygen atoms in total. The summed E-state index contributed by atoms with van der Waals surface area (Å²) >= 11 is 0. The molecule has 1 amide bonds. The van der Waals surface area contributed by atoms with Crippen LogP contribution in [0, 0.1) is 0 Å². The van der Waals surface area contributed by atoms with Crippen LogP contribution in [0.15, 0.2) is 18.2 Å². The average molecular weight is 342 g/mol. The van der Waals surface area contributed by atoms with Gasteiger partial charge in [-0.1, -0.05) is 6.07 Å². The smallest absolute Gasteiger partial charge is 0.235 e. The van der Waals surface area contributed by atoms with Crippen molar-refractivity contribution in [3.63, 3.8) is 0 Å². The molecule has 0 aliphatic carbocycles. The summed E-state index contributed by atoms with van der Waals surface area (Å²) in [4.78, 5) is 12.0. The molecular formula is C15H22N2O5S. The van der Waals surface area contributed by atoms with Gasteiger partial charge in [-0.25, -0.2) is 8.42 Å². The molecule has 0 fully saturated rings. The number of nitrogens with one attached hydrogen (secondary N) is 1. The summed E-state index contributed by atoms with van der Waals surface area (Å²) in [7, 11) is -2.01. The third-order valence-corrected chi connectivity index (χ3v) is 4.84. The third-order valence-electron chi connectivity index (χ3n) is 3.58. The molecule has 0 saturated carbocycles. The Labute approximate surface area is 136 Å². The Morgan fingerprint density at radius 2 is 1.96 bits per heavy atom. The fraction of sp³-hybridized carbons (Fsp3) is 0.533. The Morgan fingerprint density at radius 1 is 1.30 bits per heavy atom. The summed E-state index contributed by atoms with van der Waals surface area (Å²) in [6.45, 7) is 2.83. The summed E-state index contributed by atoms with van der Waals surface area (Å²) < 4.78 is 34.9. The van der Waals surface area contributed by atoms with Crippen LogP contribution >= 0.6 is 0 Å². The predicted molar refractivity (Wildman–Crippen MR) is 86.1 cm³/mol. The molecule has 23 heavy (non-hydrogen) atoms. The highest BCUT2D eigenvalue weighted by Crippen LogP contribution is 2.32. The average Bonchev–Trinajstić information content (AvgIpc) is 2.70. The van der Waals surface area contributed by atoms with Crippen LogP contribution in [0.4, 0.5) is 0 Å². The summed E-state index contributed by atoms with van der Waals surface area (Å²) in [5.74, 6) is 0.994. The number of nitrogens with zero attached hydrogens (tertiary/aromatic N) is 1. The van der Waals surface area contributed by atoms with Crippen molar-refractivity contribution in [2.45, 2.75) is 19.4 Å². The molecule has 0 radical (unpaired) electrons. The van der Waals surface area contributed by atoms with Crippen LogP contribution in [-0.2, 0) is 14.8 Å². The van der Waals surface area contributed by atoms with E-state index >= 15 is 0 Å². The van der Waals surface area contributed by atoms with Crippen LogP contribution in [0.5, 0.6) is 11.5 Å². The lowest BCUT2D eigenvalue weighted by atomic mass is 10.1. The number of sulfonamides is 1. The molecule has 1 aliphatic rings. The van der Waals surface area contributed by atoms with Crippen molar-refractivity contribution in [3.8, 4) is 11.5 Å². The SMILES string of the molecule is C[C@@H](NC(=O)CN(C)S(C)(=O)=O)c1ccc2c(c1)OCCCO2. The molecule has 1 N–H and O–H groups in total. The number of carbonyl (C=O) groups excluding carboxylic acids is 1. The second-order valence-electron chi connectivity index (χ2n) is 5.56. The van der Waals surface area contributed by atoms with Gasteiger partial charge in [-0.3, -0.25) is 4.79 Å². The van der Waals surface area contributed by atoms with Crippen molar-refractivity contribution < 1.29 is 22.7 Å². The quantitative estimate of drug-likeness (QED) is 0.860. The maximum atomic E-state index is 12.0. The van der Waals surface area contributed by atoms with E-state index in [0.717, 1.165) is 22.5 Å². The monoisotopic (exact) mass is 342 g/mol. The molecule has 0 spiro atoms. The normalized spacial score (nSPS) is 15.8. The minimum absolute atomic E-state index is 0.215. The summed E-state index contributed by atoms with van der Waals surface area (Å²) in [5.41, 5.74) is 0.865. The largest absolute Gasteiger partial charge is 0.490 e. The Bertz CT molecular complexity index is 674. The van der Waals surface area contributed by atoms with Gasteiger partial charge in [-0.05, 0) is 24.6 Å². The van der Waals surface area contributed by atoms with E-state index < -0.39 is 10.0 Å². The highest BCUT2D eigenvalue weighted by atomic mass is 32.2. The second-order valence-corrected chi connectivity index (χ2v) is 7.65. The number of amides is 1. The lowest BCUT2D eigenvalue weighted by Gasteiger charge is -2.19. The van der Waals surface area contributed by atoms with Crippen molar-refractivity contribution in [3.05, 3.63) is 23.8 Å². The number of benzene rings is 1. The predicted octanol–water partition coefficient (Wildman–Crippen LogP) is 0.917. The molecular weight excluding hydrogens is 320 g/mol. The summed E-state index contributed by atoms with van der Waals surface area (Å²) in [5, 5.41) is 2.78. The molecule has 8 heteroatoms. The number of fused-ring (bicyclic) bond motifs is 1. The van der Waals surface area contributed by atoms with E-state index in [2.05, 4.69) is 5.32 Å². The van der Waals surface area contributed by atoms with Crippen LogP contribution in [0.2, 0.25) is 0 Å². The Hall–Kier alpha value is -1.80. The van der Waals surface area contributed by atoms with Crippen molar-refractivity contribution in [1.82, 2.24) is 9.62 Å². The molecule has 1 atom stereocenters. The van der Waals surface area contributed by atoms with Crippen LogP contribution in [0.25, 0.3) is 0 Å². The fourth-order valence-corrected chi connectivity index (χ4v) is 2.49. The van der Waals surface area contributed by atoms with Crippen molar-refractivity contribution in [1.29, 1.82) is 0 Å². The highest BCUT2D eigenvalue weighted by Gasteiger charge is 2.18. The molecule has 2 rings (SSSR count). The summed E-state index contributed by atoms with van der Waals surface area (Å²) in [6, 6.07) is 5.25. The Balaban J connectivity index is 2.02. The van der Waals surface area contributed by atoms with Gasteiger partial charge in [0.15, 0.2) is 11.5 Å². The van der Waals surface area contributed by atoms with Crippen molar-refractivity contribution >= 4 is 15.9 Å². The molecule has 1 aromatic carbocycles. The van der Waals surface area contributed by atoms with E-state index in [4.69, 9.17) is 9.47 Å². The first-order valence-corrected chi connectivity index (χ1v) is 9.22. The van der Waals surface area contributed by atoms with E-state index in [1.54, 1.807) is 0 Å². The third kappa shape index (κ3) is 4.84. The zero-order valence-corrected chi connectivity index (χ0v) is 14.4. The van der Waals surface area contributed by atoms with Gasteiger partial charge in [0.05, 0.1) is 32.1 Å². The molecule has 1 heterocycles. The van der Waals surface area contributed by atoms with E-state index in [0.29, 0.717) is 24.7 Å². The number of likely N-dealkylation sites (N-methyl/N-ethyl adjacent to an activating group) is 1. The van der Waals surface area contributed by atoms with Crippen molar-refractivity contribution in [2.75, 3.05) is 33.1 Å². The van der Waals surface area contributed by atoms with Crippen LogP contribution < -0.4 is 14.8 Å².